The van der Waals surface area contributed by atoms with Crippen molar-refractivity contribution in [2.75, 3.05) is 0 Å². The average Bonchev–Trinajstić information content (AvgIpc) is 4.10. The number of hydrogen-bond acceptors (Lipinski definition) is 1. The van der Waals surface area contributed by atoms with Crippen molar-refractivity contribution in [1.29, 1.82) is 0 Å². The molecule has 1 unspecified atom stereocenters. The fourth-order valence-electron chi connectivity index (χ4n) is 13.0. The van der Waals surface area contributed by atoms with Crippen molar-refractivity contribution in [1.82, 2.24) is 4.57 Å². The first-order valence-electron chi connectivity index (χ1n) is 25.8. The van der Waals surface area contributed by atoms with Crippen molar-refractivity contribution in [2.45, 2.75) is 63.7 Å². The SMILES string of the molecule is CC1(C)c2ccccc2-c2ccc(-c3c4c(cc5c3c3ccc(-c6ccc(CCC(Cc7ccccc7)c7ccc8c(c7)C(C)(C)c7ccccc7-8)cc6)cc3n5-c3ccccc3)oc3ccccc34)cc21. The van der Waals surface area contributed by atoms with Crippen LogP contribution >= 0.6 is 0 Å². The normalized spacial score (nSPS) is 14.4. The predicted octanol–water partition coefficient (Wildman–Crippen LogP) is 18.6. The van der Waals surface area contributed by atoms with Crippen molar-refractivity contribution in [3.05, 3.63) is 257 Å². The molecule has 0 N–H and O–H groups in total. The molecule has 0 spiro atoms. The third kappa shape index (κ3) is 6.55. The van der Waals surface area contributed by atoms with E-state index in [1.165, 1.54) is 99.7 Å². The first-order chi connectivity index (χ1) is 35.2. The molecule has 0 fully saturated rings. The molecular weight excluding hydrogens is 871 g/mol. The maximum Gasteiger partial charge on any atom is 0.138 e. The van der Waals surface area contributed by atoms with Gasteiger partial charge in [0.05, 0.1) is 11.0 Å². The second-order valence-corrected chi connectivity index (χ2v) is 21.5. The topological polar surface area (TPSA) is 18.1 Å². The Morgan fingerprint density at radius 1 is 0.417 bits per heavy atom. The number of hydrogen-bond donors (Lipinski definition) is 0. The van der Waals surface area contributed by atoms with Crippen molar-refractivity contribution >= 4 is 43.7 Å². The van der Waals surface area contributed by atoms with Crippen LogP contribution in [0.3, 0.4) is 0 Å². The average molecular weight is 926 g/mol. The Bertz CT molecular complexity index is 4110. The summed E-state index contributed by atoms with van der Waals surface area (Å²) in [5.74, 6) is 0.393. The van der Waals surface area contributed by atoms with Crippen LogP contribution in [0.5, 0.6) is 0 Å². The Labute approximate surface area is 421 Å². The van der Waals surface area contributed by atoms with Gasteiger partial charge in [-0.25, -0.2) is 0 Å². The Balaban J connectivity index is 0.861. The van der Waals surface area contributed by atoms with Crippen molar-refractivity contribution < 1.29 is 4.42 Å². The van der Waals surface area contributed by atoms with E-state index in [0.29, 0.717) is 5.92 Å². The molecule has 2 nitrogen and oxygen atoms in total. The highest BCUT2D eigenvalue weighted by Crippen LogP contribution is 2.53. The monoisotopic (exact) mass is 925 g/mol. The van der Waals surface area contributed by atoms with Crippen LogP contribution in [0.15, 0.2) is 223 Å². The molecule has 0 amide bonds. The van der Waals surface area contributed by atoms with Gasteiger partial charge in [0.1, 0.15) is 11.2 Å². The highest BCUT2D eigenvalue weighted by molar-refractivity contribution is 6.27. The summed E-state index contributed by atoms with van der Waals surface area (Å²) in [5.41, 5.74) is 25.2. The molecule has 2 heterocycles. The minimum absolute atomic E-state index is 0.0241. The molecule has 10 aromatic carbocycles. The summed E-state index contributed by atoms with van der Waals surface area (Å²) in [6, 6.07) is 81.6. The zero-order chi connectivity index (χ0) is 48.3. The molecule has 0 aliphatic heterocycles. The number of nitrogens with zero attached hydrogens (tertiary/aromatic N) is 1. The lowest BCUT2D eigenvalue weighted by atomic mass is 9.79. The number of rotatable bonds is 9. The van der Waals surface area contributed by atoms with Crippen LogP contribution in [-0.2, 0) is 23.7 Å². The van der Waals surface area contributed by atoms with Crippen LogP contribution in [-0.4, -0.2) is 4.57 Å². The molecular formula is C70H55NO. The molecule has 14 rings (SSSR count). The van der Waals surface area contributed by atoms with Crippen LogP contribution in [0.2, 0.25) is 0 Å². The van der Waals surface area contributed by atoms with E-state index in [1.54, 1.807) is 0 Å². The first kappa shape index (κ1) is 42.7. The summed E-state index contributed by atoms with van der Waals surface area (Å²) in [6.45, 7) is 9.52. The lowest BCUT2D eigenvalue weighted by Gasteiger charge is -2.24. The summed E-state index contributed by atoms with van der Waals surface area (Å²) in [6.07, 6.45) is 3.09. The van der Waals surface area contributed by atoms with Gasteiger partial charge in [-0.2, -0.15) is 0 Å². The van der Waals surface area contributed by atoms with Gasteiger partial charge in [0.25, 0.3) is 0 Å². The van der Waals surface area contributed by atoms with Gasteiger partial charge >= 0.3 is 0 Å². The largest absolute Gasteiger partial charge is 0.456 e. The van der Waals surface area contributed by atoms with E-state index in [9.17, 15) is 0 Å². The molecule has 1 atom stereocenters. The van der Waals surface area contributed by atoms with Gasteiger partial charge in [0, 0.05) is 49.7 Å². The third-order valence-corrected chi connectivity index (χ3v) is 16.8. The van der Waals surface area contributed by atoms with Crippen LogP contribution in [0.4, 0.5) is 0 Å². The van der Waals surface area contributed by atoms with E-state index < -0.39 is 0 Å². The van der Waals surface area contributed by atoms with E-state index in [-0.39, 0.29) is 10.8 Å². The number of furan rings is 1. The van der Waals surface area contributed by atoms with Gasteiger partial charge in [-0.3, -0.25) is 0 Å². The summed E-state index contributed by atoms with van der Waals surface area (Å²) in [5, 5.41) is 4.76. The second-order valence-electron chi connectivity index (χ2n) is 21.5. The number of benzene rings is 10. The van der Waals surface area contributed by atoms with Crippen molar-refractivity contribution in [3.63, 3.8) is 0 Å². The Morgan fingerprint density at radius 3 is 1.75 bits per heavy atom. The fraction of sp³-hybridized carbons (Fsp3) is 0.143. The van der Waals surface area contributed by atoms with E-state index in [0.717, 1.165) is 52.4 Å². The Morgan fingerprint density at radius 2 is 1.01 bits per heavy atom. The smallest absolute Gasteiger partial charge is 0.138 e. The van der Waals surface area contributed by atoms with Gasteiger partial charge in [-0.15, -0.1) is 0 Å². The second kappa shape index (κ2) is 16.2. The van der Waals surface area contributed by atoms with Crippen molar-refractivity contribution in [3.8, 4) is 50.2 Å². The summed E-state index contributed by atoms with van der Waals surface area (Å²) < 4.78 is 9.27. The van der Waals surface area contributed by atoms with Crippen molar-refractivity contribution in [2.24, 2.45) is 0 Å². The lowest BCUT2D eigenvalue weighted by molar-refractivity contribution is 0.614. The van der Waals surface area contributed by atoms with Crippen LogP contribution in [0.25, 0.3) is 93.9 Å². The molecule has 12 aromatic rings. The summed E-state index contributed by atoms with van der Waals surface area (Å²) >= 11 is 0. The minimum atomic E-state index is -0.132. The lowest BCUT2D eigenvalue weighted by Crippen LogP contribution is -2.16. The maximum atomic E-state index is 6.81. The molecule has 0 bridgehead atoms. The maximum absolute atomic E-state index is 6.81. The molecule has 2 heteroatoms. The standard InChI is InChI=1S/C70H55NO/c1-69(2)58-24-14-11-21-52(58)54-36-33-48(40-60(54)69)47(39-45-17-7-5-8-18-45)32-29-44-27-30-46(31-28-44)49-34-38-56-62(42-49)71(51-19-9-6-10-20-51)63-43-65-68(57-23-13-16-26-64(57)72-65)66(67(56)63)50-35-37-55-53-22-12-15-25-59(53)70(3,4)61(55)41-50/h5-28,30-31,33-38,40-43,47H,29,32,39H2,1-4H3. The van der Waals surface area contributed by atoms with E-state index >= 15 is 0 Å². The predicted molar refractivity (Wildman–Crippen MR) is 302 cm³/mol. The molecule has 2 aliphatic carbocycles. The quantitative estimate of drug-likeness (QED) is 0.141. The minimum Gasteiger partial charge on any atom is -0.456 e. The molecule has 2 aliphatic rings. The molecule has 346 valence electrons. The van der Waals surface area contributed by atoms with E-state index in [2.05, 4.69) is 251 Å². The first-order valence-corrected chi connectivity index (χ1v) is 25.8. The molecule has 2 aromatic heterocycles. The van der Waals surface area contributed by atoms with Gasteiger partial charge in [-0.1, -0.05) is 210 Å². The number of aryl methyl sites for hydroxylation is 1. The summed E-state index contributed by atoms with van der Waals surface area (Å²) in [4.78, 5) is 0. The van der Waals surface area contributed by atoms with E-state index in [1.807, 2.05) is 0 Å². The number of aromatic nitrogens is 1. The van der Waals surface area contributed by atoms with Gasteiger partial charge in [0.15, 0.2) is 0 Å². The highest BCUT2D eigenvalue weighted by Gasteiger charge is 2.37. The molecule has 0 radical (unpaired) electrons. The zero-order valence-electron chi connectivity index (χ0n) is 41.3. The van der Waals surface area contributed by atoms with Gasteiger partial charge in [-0.05, 0) is 133 Å². The fourth-order valence-corrected chi connectivity index (χ4v) is 13.0. The van der Waals surface area contributed by atoms with Crippen LogP contribution < -0.4 is 0 Å². The van der Waals surface area contributed by atoms with Crippen LogP contribution in [0.1, 0.15) is 79.0 Å². The number of para-hydroxylation sites is 2. The Hall–Kier alpha value is -8.20. The highest BCUT2D eigenvalue weighted by atomic mass is 16.3. The van der Waals surface area contributed by atoms with Gasteiger partial charge in [0.2, 0.25) is 0 Å². The van der Waals surface area contributed by atoms with E-state index in [4.69, 9.17) is 4.42 Å². The molecule has 72 heavy (non-hydrogen) atoms. The number of fused-ring (bicyclic) bond motifs is 12. The zero-order valence-corrected chi connectivity index (χ0v) is 41.3. The molecule has 0 saturated carbocycles. The summed E-state index contributed by atoms with van der Waals surface area (Å²) in [7, 11) is 0. The van der Waals surface area contributed by atoms with Crippen LogP contribution in [0, 0.1) is 0 Å². The third-order valence-electron chi connectivity index (χ3n) is 16.8. The Kier molecular flexibility index (Phi) is 9.58. The van der Waals surface area contributed by atoms with Gasteiger partial charge < -0.3 is 8.98 Å². The molecule has 0 saturated heterocycles.